The van der Waals surface area contributed by atoms with E-state index in [4.69, 9.17) is 0 Å². The second kappa shape index (κ2) is 5.84. The van der Waals surface area contributed by atoms with Crippen LogP contribution < -0.4 is 5.32 Å². The molecule has 104 valence electrons. The Morgan fingerprint density at radius 2 is 2.05 bits per heavy atom. The van der Waals surface area contributed by atoms with E-state index in [0.29, 0.717) is 6.54 Å². The van der Waals surface area contributed by atoms with Gasteiger partial charge in [0.15, 0.2) is 0 Å². The first-order valence-corrected chi connectivity index (χ1v) is 7.51. The number of carbonyl (C=O) groups excluding carboxylic acids is 2. The first-order valence-electron chi connectivity index (χ1n) is 6.69. The number of rotatable bonds is 5. The number of likely N-dealkylation sites (tertiary alicyclic amines) is 1. The van der Waals surface area contributed by atoms with Crippen LogP contribution in [0.15, 0.2) is 12.1 Å². The Balaban J connectivity index is 1.94. The molecule has 0 aromatic carbocycles. The number of nitrogens with one attached hydrogen (secondary N) is 1. The quantitative estimate of drug-likeness (QED) is 0.839. The van der Waals surface area contributed by atoms with Gasteiger partial charge in [0.2, 0.25) is 11.8 Å². The molecule has 0 spiro atoms. The third-order valence-electron chi connectivity index (χ3n) is 3.29. The average molecular weight is 280 g/mol. The molecule has 0 saturated carbocycles. The number of amides is 2. The Morgan fingerprint density at radius 1 is 1.37 bits per heavy atom. The maximum atomic E-state index is 12.1. The topological polar surface area (TPSA) is 49.4 Å². The molecular weight excluding hydrogens is 260 g/mol. The summed E-state index contributed by atoms with van der Waals surface area (Å²) in [6.07, 6.45) is 1.32. The van der Waals surface area contributed by atoms with E-state index in [9.17, 15) is 9.59 Å². The van der Waals surface area contributed by atoms with Crippen molar-refractivity contribution in [3.63, 3.8) is 0 Å². The molecule has 0 bridgehead atoms. The largest absolute Gasteiger partial charge is 0.300 e. The smallest absolute Gasteiger partial charge is 0.247 e. The van der Waals surface area contributed by atoms with Crippen molar-refractivity contribution in [2.45, 2.75) is 52.2 Å². The van der Waals surface area contributed by atoms with Gasteiger partial charge in [0.1, 0.15) is 0 Å². The molecule has 4 nitrogen and oxygen atoms in total. The highest BCUT2D eigenvalue weighted by molar-refractivity contribution is 7.11. The van der Waals surface area contributed by atoms with Gasteiger partial charge in [0.25, 0.3) is 0 Å². The summed E-state index contributed by atoms with van der Waals surface area (Å²) in [6.45, 7) is 6.51. The van der Waals surface area contributed by atoms with Crippen molar-refractivity contribution >= 4 is 23.2 Å². The van der Waals surface area contributed by atoms with E-state index in [1.807, 2.05) is 13.8 Å². The van der Waals surface area contributed by atoms with Crippen LogP contribution in [0.25, 0.3) is 0 Å². The van der Waals surface area contributed by atoms with Gasteiger partial charge in [-0.1, -0.05) is 6.92 Å². The maximum absolute atomic E-state index is 12.1. The van der Waals surface area contributed by atoms with Gasteiger partial charge < -0.3 is 5.32 Å². The molecule has 1 aromatic rings. The number of imide groups is 1. The van der Waals surface area contributed by atoms with Crippen molar-refractivity contribution < 1.29 is 9.59 Å². The van der Waals surface area contributed by atoms with Crippen molar-refractivity contribution in [3.8, 4) is 0 Å². The van der Waals surface area contributed by atoms with E-state index in [-0.39, 0.29) is 30.3 Å². The molecule has 0 radical (unpaired) electrons. The van der Waals surface area contributed by atoms with Gasteiger partial charge >= 0.3 is 0 Å². The normalized spacial score (nSPS) is 19.8. The van der Waals surface area contributed by atoms with E-state index >= 15 is 0 Å². The third-order valence-corrected chi connectivity index (χ3v) is 4.52. The summed E-state index contributed by atoms with van der Waals surface area (Å²) in [5, 5.41) is 3.20. The molecule has 2 amide bonds. The van der Waals surface area contributed by atoms with Crippen LogP contribution in [-0.2, 0) is 22.6 Å². The fraction of sp³-hybridized carbons (Fsp3) is 0.571. The highest BCUT2D eigenvalue weighted by atomic mass is 32.1. The van der Waals surface area contributed by atoms with Crippen molar-refractivity contribution in [1.29, 1.82) is 0 Å². The number of thiophene rings is 1. The van der Waals surface area contributed by atoms with Crippen molar-refractivity contribution in [3.05, 3.63) is 21.9 Å². The van der Waals surface area contributed by atoms with Crippen LogP contribution in [-0.4, -0.2) is 28.8 Å². The minimum absolute atomic E-state index is 0.0553. The van der Waals surface area contributed by atoms with Gasteiger partial charge in [-0.2, -0.15) is 0 Å². The van der Waals surface area contributed by atoms with Crippen molar-refractivity contribution in [1.82, 2.24) is 10.2 Å². The Morgan fingerprint density at radius 3 is 2.58 bits per heavy atom. The van der Waals surface area contributed by atoms with Gasteiger partial charge in [-0.05, 0) is 32.4 Å². The van der Waals surface area contributed by atoms with Crippen LogP contribution in [0.4, 0.5) is 0 Å². The predicted molar refractivity (Wildman–Crippen MR) is 75.9 cm³/mol. The molecule has 1 fully saturated rings. The van der Waals surface area contributed by atoms with Crippen LogP contribution in [0, 0.1) is 0 Å². The van der Waals surface area contributed by atoms with Crippen LogP contribution in [0.1, 0.15) is 36.9 Å². The summed E-state index contributed by atoms with van der Waals surface area (Å²) in [5.41, 5.74) is 0. The Labute approximate surface area is 117 Å². The predicted octanol–water partition coefficient (Wildman–Crippen LogP) is 1.94. The fourth-order valence-corrected chi connectivity index (χ4v) is 3.19. The van der Waals surface area contributed by atoms with Crippen molar-refractivity contribution in [2.24, 2.45) is 0 Å². The lowest BCUT2D eigenvalue weighted by atomic mass is 10.2. The SMILES string of the molecule is CCc1ccc(CNC2CC(=O)N(C(C)C)C2=O)s1. The number of hydrogen-bond acceptors (Lipinski definition) is 4. The van der Waals surface area contributed by atoms with Crippen LogP contribution in [0.5, 0.6) is 0 Å². The molecule has 0 aliphatic carbocycles. The average Bonchev–Trinajstić information content (AvgIpc) is 2.91. The van der Waals surface area contributed by atoms with E-state index in [1.54, 1.807) is 11.3 Å². The molecule has 2 rings (SSSR count). The zero-order valence-corrected chi connectivity index (χ0v) is 12.4. The monoisotopic (exact) mass is 280 g/mol. The molecule has 2 heterocycles. The van der Waals surface area contributed by atoms with E-state index in [0.717, 1.165) is 6.42 Å². The number of nitrogens with zero attached hydrogens (tertiary/aromatic N) is 1. The molecule has 1 aromatic heterocycles. The highest BCUT2D eigenvalue weighted by Crippen LogP contribution is 2.19. The standard InChI is InChI=1S/C14H20N2O2S/c1-4-10-5-6-11(19-10)8-15-12-7-13(17)16(9(2)3)14(12)18/h5-6,9,12,15H,4,7-8H2,1-3H3. The summed E-state index contributed by atoms with van der Waals surface area (Å²) in [6, 6.07) is 3.78. The second-order valence-corrected chi connectivity index (χ2v) is 6.31. The van der Waals surface area contributed by atoms with Gasteiger partial charge in [-0.3, -0.25) is 14.5 Å². The van der Waals surface area contributed by atoms with Crippen molar-refractivity contribution in [2.75, 3.05) is 0 Å². The molecule has 1 aliphatic heterocycles. The summed E-state index contributed by atoms with van der Waals surface area (Å²) in [7, 11) is 0. The summed E-state index contributed by atoms with van der Waals surface area (Å²) < 4.78 is 0. The molecular formula is C14H20N2O2S. The first kappa shape index (κ1) is 14.2. The maximum Gasteiger partial charge on any atom is 0.247 e. The highest BCUT2D eigenvalue weighted by Gasteiger charge is 2.39. The van der Waals surface area contributed by atoms with E-state index in [1.165, 1.54) is 14.7 Å². The molecule has 19 heavy (non-hydrogen) atoms. The molecule has 5 heteroatoms. The molecule has 1 unspecified atom stereocenters. The zero-order chi connectivity index (χ0) is 14.0. The zero-order valence-electron chi connectivity index (χ0n) is 11.6. The Hall–Kier alpha value is -1.20. The Bertz CT molecular complexity index is 482. The summed E-state index contributed by atoms with van der Waals surface area (Å²) in [5.74, 6) is -0.162. The van der Waals surface area contributed by atoms with Crippen LogP contribution >= 0.6 is 11.3 Å². The molecule has 1 atom stereocenters. The van der Waals surface area contributed by atoms with Gasteiger partial charge in [-0.25, -0.2) is 0 Å². The minimum atomic E-state index is -0.359. The molecule has 1 saturated heterocycles. The van der Waals surface area contributed by atoms with E-state index in [2.05, 4.69) is 24.4 Å². The lowest BCUT2D eigenvalue weighted by molar-refractivity contribution is -0.140. The van der Waals surface area contributed by atoms with Gasteiger partial charge in [-0.15, -0.1) is 11.3 Å². The summed E-state index contributed by atoms with van der Waals surface area (Å²) in [4.78, 5) is 27.8. The number of aryl methyl sites for hydroxylation is 1. The lowest BCUT2D eigenvalue weighted by Crippen LogP contribution is -2.41. The van der Waals surface area contributed by atoms with Crippen LogP contribution in [0.2, 0.25) is 0 Å². The molecule has 1 N–H and O–H groups in total. The summed E-state index contributed by atoms with van der Waals surface area (Å²) >= 11 is 1.75. The third kappa shape index (κ3) is 3.04. The fourth-order valence-electron chi connectivity index (χ4n) is 2.28. The van der Waals surface area contributed by atoms with Gasteiger partial charge in [0.05, 0.1) is 12.5 Å². The van der Waals surface area contributed by atoms with Crippen LogP contribution in [0.3, 0.4) is 0 Å². The number of carbonyl (C=O) groups is 2. The molecule has 1 aliphatic rings. The number of hydrogen-bond donors (Lipinski definition) is 1. The second-order valence-electron chi connectivity index (χ2n) is 5.05. The lowest BCUT2D eigenvalue weighted by Gasteiger charge is -2.19. The van der Waals surface area contributed by atoms with Gasteiger partial charge in [0, 0.05) is 22.3 Å². The van der Waals surface area contributed by atoms with E-state index < -0.39 is 0 Å². The first-order chi connectivity index (χ1) is 9.02. The minimum Gasteiger partial charge on any atom is -0.300 e. The Kier molecular flexibility index (Phi) is 4.37.